The summed E-state index contributed by atoms with van der Waals surface area (Å²) in [5.74, 6) is -1.97. The minimum absolute atomic E-state index is 0.304. The second kappa shape index (κ2) is 13.1. The molecule has 0 aliphatic carbocycles. The summed E-state index contributed by atoms with van der Waals surface area (Å²) >= 11 is 0. The lowest BCUT2D eigenvalue weighted by Gasteiger charge is -2.24. The van der Waals surface area contributed by atoms with E-state index in [-0.39, 0.29) is 0 Å². The quantitative estimate of drug-likeness (QED) is 0.200. The third kappa shape index (κ3) is 7.19. The molecular formula is C32H26N6O4Si. The molecule has 0 bridgehead atoms. The first-order valence-electron chi connectivity index (χ1n) is 13.0. The molecule has 4 rings (SSSR count). The Morgan fingerprint density at radius 2 is 0.698 bits per heavy atom. The Morgan fingerprint density at radius 3 is 0.930 bits per heavy atom. The topological polar surface area (TPSA) is 164 Å². The van der Waals surface area contributed by atoms with E-state index in [9.17, 15) is 19.2 Å². The standard InChI is InChI=1S/C32H26N6O4Si/c1-43(2,27-15-11-25(12-16-27)31(41)37-35-29(39)23-7-3-21(19-33)4-8-23)28-17-13-26(14-18-28)32(42)38-36-30(40)24-9-5-22(20-34)6-10-24/h3-18H,1-2H3,(H,35,39)(H,36,40)(H,37,41)(H,38,42). The number of nitrogens with zero attached hydrogens (tertiary/aromatic N) is 2. The van der Waals surface area contributed by atoms with Gasteiger partial charge in [-0.15, -0.1) is 0 Å². The number of rotatable bonds is 6. The number of benzene rings is 4. The van der Waals surface area contributed by atoms with Gasteiger partial charge in [-0.05, 0) is 72.8 Å². The monoisotopic (exact) mass is 586 g/mol. The Morgan fingerprint density at radius 1 is 0.465 bits per heavy atom. The van der Waals surface area contributed by atoms with Crippen LogP contribution in [0.1, 0.15) is 52.6 Å². The lowest BCUT2D eigenvalue weighted by atomic mass is 10.1. The minimum atomic E-state index is -2.20. The van der Waals surface area contributed by atoms with Crippen molar-refractivity contribution in [3.63, 3.8) is 0 Å². The number of hydrogen-bond acceptors (Lipinski definition) is 6. The number of nitrogens with one attached hydrogen (secondary N) is 4. The lowest BCUT2D eigenvalue weighted by molar-refractivity contribution is 0.0846. The average Bonchev–Trinajstić information content (AvgIpc) is 3.05. The van der Waals surface area contributed by atoms with Crippen molar-refractivity contribution >= 4 is 42.1 Å². The highest BCUT2D eigenvalue weighted by Gasteiger charge is 2.26. The molecule has 212 valence electrons. The molecule has 0 saturated carbocycles. The van der Waals surface area contributed by atoms with Crippen LogP contribution in [-0.2, 0) is 0 Å². The van der Waals surface area contributed by atoms with Crippen LogP contribution in [0, 0.1) is 22.7 Å². The maximum Gasteiger partial charge on any atom is 0.269 e. The predicted molar refractivity (Wildman–Crippen MR) is 162 cm³/mol. The molecule has 4 aromatic carbocycles. The first-order chi connectivity index (χ1) is 20.6. The van der Waals surface area contributed by atoms with Crippen molar-refractivity contribution in [3.05, 3.63) is 130 Å². The van der Waals surface area contributed by atoms with E-state index in [2.05, 4.69) is 34.8 Å². The third-order valence-corrected chi connectivity index (χ3v) is 10.4. The van der Waals surface area contributed by atoms with Crippen molar-refractivity contribution in [1.82, 2.24) is 21.7 Å². The molecule has 0 spiro atoms. The Balaban J connectivity index is 1.33. The maximum absolute atomic E-state index is 12.6. The van der Waals surface area contributed by atoms with Crippen LogP contribution in [0.4, 0.5) is 0 Å². The molecule has 43 heavy (non-hydrogen) atoms. The van der Waals surface area contributed by atoms with Crippen LogP contribution in [0.2, 0.25) is 13.1 Å². The third-order valence-electron chi connectivity index (χ3n) is 6.87. The maximum atomic E-state index is 12.6. The van der Waals surface area contributed by atoms with Gasteiger partial charge < -0.3 is 0 Å². The van der Waals surface area contributed by atoms with Gasteiger partial charge in [-0.3, -0.25) is 40.9 Å². The van der Waals surface area contributed by atoms with E-state index in [1.807, 2.05) is 36.4 Å². The zero-order chi connectivity index (χ0) is 31.0. The second-order valence-corrected chi connectivity index (χ2v) is 14.4. The minimum Gasteiger partial charge on any atom is -0.267 e. The predicted octanol–water partition coefficient (Wildman–Crippen LogP) is 2.40. The van der Waals surface area contributed by atoms with Crippen LogP contribution < -0.4 is 32.1 Å². The van der Waals surface area contributed by atoms with Crippen LogP contribution in [0.15, 0.2) is 97.1 Å². The summed E-state index contributed by atoms with van der Waals surface area (Å²) in [7, 11) is -2.20. The molecule has 4 amide bonds. The molecule has 4 N–H and O–H groups in total. The van der Waals surface area contributed by atoms with Crippen molar-refractivity contribution in [2.24, 2.45) is 0 Å². The van der Waals surface area contributed by atoms with Crippen molar-refractivity contribution in [2.75, 3.05) is 0 Å². The molecule has 11 heteroatoms. The van der Waals surface area contributed by atoms with Gasteiger partial charge in [0.05, 0.1) is 23.3 Å². The summed E-state index contributed by atoms with van der Waals surface area (Å²) < 4.78 is 0. The fraction of sp³-hybridized carbons (Fsp3) is 0.0625. The van der Waals surface area contributed by atoms with Crippen LogP contribution in [0.25, 0.3) is 0 Å². The molecule has 0 atom stereocenters. The molecule has 0 radical (unpaired) electrons. The Kier molecular flexibility index (Phi) is 9.10. The Hall–Kier alpha value is -6.04. The number of amides is 4. The second-order valence-electron chi connectivity index (χ2n) is 9.97. The number of hydrogen-bond donors (Lipinski definition) is 4. The molecule has 0 aliphatic heterocycles. The number of carbonyl (C=O) groups is 4. The first-order valence-corrected chi connectivity index (χ1v) is 16.0. The number of hydrazine groups is 2. The van der Waals surface area contributed by atoms with Gasteiger partial charge >= 0.3 is 0 Å². The molecule has 0 aromatic heterocycles. The van der Waals surface area contributed by atoms with Gasteiger partial charge in [0.15, 0.2) is 0 Å². The smallest absolute Gasteiger partial charge is 0.267 e. The van der Waals surface area contributed by atoms with Gasteiger partial charge in [-0.2, -0.15) is 10.5 Å². The molecule has 0 aliphatic rings. The summed E-state index contributed by atoms with van der Waals surface area (Å²) in [4.78, 5) is 49.7. The van der Waals surface area contributed by atoms with Crippen molar-refractivity contribution in [1.29, 1.82) is 10.5 Å². The van der Waals surface area contributed by atoms with E-state index >= 15 is 0 Å². The van der Waals surface area contributed by atoms with E-state index in [1.165, 1.54) is 48.5 Å². The largest absolute Gasteiger partial charge is 0.269 e. The summed E-state index contributed by atoms with van der Waals surface area (Å²) in [6.07, 6.45) is 0. The van der Waals surface area contributed by atoms with Crippen molar-refractivity contribution in [2.45, 2.75) is 13.1 Å². The van der Waals surface area contributed by atoms with Crippen LogP contribution in [-0.4, -0.2) is 31.7 Å². The van der Waals surface area contributed by atoms with Crippen LogP contribution >= 0.6 is 0 Å². The zero-order valence-corrected chi connectivity index (χ0v) is 24.3. The van der Waals surface area contributed by atoms with E-state index in [1.54, 1.807) is 24.3 Å². The highest BCUT2D eigenvalue weighted by molar-refractivity contribution is 7.00. The molecule has 0 heterocycles. The number of nitriles is 2. The molecule has 0 saturated heterocycles. The molecule has 0 fully saturated rings. The molecule has 0 unspecified atom stereocenters. The summed E-state index contributed by atoms with van der Waals surface area (Å²) in [5.41, 5.74) is 11.7. The van der Waals surface area contributed by atoms with Gasteiger partial charge in [0.2, 0.25) is 0 Å². The Labute approximate surface area is 248 Å². The fourth-order valence-corrected chi connectivity index (χ4v) is 6.48. The van der Waals surface area contributed by atoms with Crippen molar-refractivity contribution in [3.8, 4) is 12.1 Å². The molecule has 10 nitrogen and oxygen atoms in total. The van der Waals surface area contributed by atoms with E-state index in [4.69, 9.17) is 10.5 Å². The average molecular weight is 587 g/mol. The van der Waals surface area contributed by atoms with Crippen molar-refractivity contribution < 1.29 is 19.2 Å². The van der Waals surface area contributed by atoms with Gasteiger partial charge in [0, 0.05) is 22.3 Å². The van der Waals surface area contributed by atoms with Crippen LogP contribution in [0.5, 0.6) is 0 Å². The summed E-state index contributed by atoms with van der Waals surface area (Å²) in [6.45, 7) is 4.29. The van der Waals surface area contributed by atoms with E-state index in [0.29, 0.717) is 33.4 Å². The molecule has 4 aromatic rings. The van der Waals surface area contributed by atoms with E-state index < -0.39 is 31.7 Å². The van der Waals surface area contributed by atoms with E-state index in [0.717, 1.165) is 10.4 Å². The number of carbonyl (C=O) groups excluding carboxylic acids is 4. The fourth-order valence-electron chi connectivity index (χ4n) is 4.15. The summed E-state index contributed by atoms with van der Waals surface area (Å²) in [5, 5.41) is 19.9. The normalized spacial score (nSPS) is 10.4. The highest BCUT2D eigenvalue weighted by atomic mass is 28.3. The van der Waals surface area contributed by atoms with Crippen LogP contribution in [0.3, 0.4) is 0 Å². The highest BCUT2D eigenvalue weighted by Crippen LogP contribution is 2.09. The van der Waals surface area contributed by atoms with Gasteiger partial charge in [0.25, 0.3) is 23.6 Å². The Bertz CT molecular complexity index is 1620. The van der Waals surface area contributed by atoms with Gasteiger partial charge in [0.1, 0.15) is 8.07 Å². The first kappa shape index (κ1) is 29.9. The van der Waals surface area contributed by atoms with Gasteiger partial charge in [-0.1, -0.05) is 47.7 Å². The zero-order valence-electron chi connectivity index (χ0n) is 23.3. The molecular weight excluding hydrogens is 560 g/mol. The van der Waals surface area contributed by atoms with Gasteiger partial charge in [-0.25, -0.2) is 0 Å². The lowest BCUT2D eigenvalue weighted by Crippen LogP contribution is -2.53. The summed E-state index contributed by atoms with van der Waals surface area (Å²) in [6, 6.07) is 30.3. The SMILES string of the molecule is C[Si](C)(c1ccc(C(=O)NNC(=O)c2ccc(C#N)cc2)cc1)c1ccc(C(=O)NNC(=O)c2ccc(C#N)cc2)cc1.